The molecule has 1 aliphatic rings. The van der Waals surface area contributed by atoms with Gasteiger partial charge in [0.2, 0.25) is 0 Å². The molecule has 0 fully saturated rings. The fraction of sp³-hybridized carbons (Fsp3) is 0.444. The Morgan fingerprint density at radius 3 is 2.81 bits per heavy atom. The number of fused-ring (bicyclic) bond motifs is 2. The van der Waals surface area contributed by atoms with Crippen molar-refractivity contribution in [1.82, 2.24) is 4.98 Å². The van der Waals surface area contributed by atoms with Crippen molar-refractivity contribution in [2.24, 2.45) is 5.92 Å². The van der Waals surface area contributed by atoms with E-state index in [2.05, 4.69) is 20.8 Å². The summed E-state index contributed by atoms with van der Waals surface area (Å²) < 4.78 is 0. The average molecular weight is 283 g/mol. The Hall–Kier alpha value is -1.90. The minimum atomic E-state index is -0.826. The maximum Gasteiger partial charge on any atom is 0.336 e. The minimum absolute atomic E-state index is 0.261. The number of aromatic nitrogens is 1. The van der Waals surface area contributed by atoms with Crippen LogP contribution in [0.3, 0.4) is 0 Å². The predicted molar refractivity (Wildman–Crippen MR) is 84.0 cm³/mol. The Labute approximate surface area is 125 Å². The summed E-state index contributed by atoms with van der Waals surface area (Å²) in [5.41, 5.74) is 4.38. The minimum Gasteiger partial charge on any atom is -0.478 e. The summed E-state index contributed by atoms with van der Waals surface area (Å²) in [6, 6.07) is 6.00. The Balaban J connectivity index is 2.37. The first-order valence-corrected chi connectivity index (χ1v) is 7.70. The van der Waals surface area contributed by atoms with Gasteiger partial charge in [-0.25, -0.2) is 4.79 Å². The van der Waals surface area contributed by atoms with E-state index in [0.29, 0.717) is 11.5 Å². The molecule has 0 bridgehead atoms. The first-order chi connectivity index (χ1) is 10.0. The number of benzene rings is 1. The first kappa shape index (κ1) is 14.1. The van der Waals surface area contributed by atoms with Crippen LogP contribution in [-0.2, 0) is 12.8 Å². The maximum atomic E-state index is 11.9. The zero-order chi connectivity index (χ0) is 15.1. The molecule has 1 aromatic carbocycles. The lowest BCUT2D eigenvalue weighted by Crippen LogP contribution is -2.20. The quantitative estimate of drug-likeness (QED) is 0.899. The first-order valence-electron chi connectivity index (χ1n) is 7.70. The summed E-state index contributed by atoms with van der Waals surface area (Å²) >= 11 is 0. The highest BCUT2D eigenvalue weighted by atomic mass is 16.4. The van der Waals surface area contributed by atoms with Crippen molar-refractivity contribution >= 4 is 16.9 Å². The maximum absolute atomic E-state index is 11.9. The zero-order valence-electron chi connectivity index (χ0n) is 12.8. The average Bonchev–Trinajstić information content (AvgIpc) is 2.43. The molecule has 1 N–H and O–H groups in total. The van der Waals surface area contributed by atoms with E-state index < -0.39 is 5.97 Å². The van der Waals surface area contributed by atoms with Gasteiger partial charge in [-0.05, 0) is 54.4 Å². The van der Waals surface area contributed by atoms with E-state index in [1.807, 2.05) is 18.2 Å². The molecule has 21 heavy (non-hydrogen) atoms. The Bertz CT molecular complexity index is 721. The molecular weight excluding hydrogens is 262 g/mol. The summed E-state index contributed by atoms with van der Waals surface area (Å²) in [5.74, 6) is -0.000603. The number of carbonyl (C=O) groups is 1. The van der Waals surface area contributed by atoms with Gasteiger partial charge in [0.15, 0.2) is 0 Å². The number of aryl methyl sites for hydroxylation is 1. The molecular formula is C18H21NO2. The number of aromatic carboxylic acids is 1. The van der Waals surface area contributed by atoms with E-state index in [-0.39, 0.29) is 5.92 Å². The van der Waals surface area contributed by atoms with Crippen molar-refractivity contribution in [3.63, 3.8) is 0 Å². The fourth-order valence-electron chi connectivity index (χ4n) is 3.65. The van der Waals surface area contributed by atoms with Gasteiger partial charge in [-0.1, -0.05) is 26.8 Å². The molecule has 0 aliphatic heterocycles. The fourth-order valence-corrected chi connectivity index (χ4v) is 3.65. The van der Waals surface area contributed by atoms with E-state index in [4.69, 9.17) is 4.98 Å². The van der Waals surface area contributed by atoms with Crippen LogP contribution in [0, 0.1) is 5.92 Å². The molecule has 3 rings (SSSR count). The van der Waals surface area contributed by atoms with Gasteiger partial charge in [-0.2, -0.15) is 0 Å². The van der Waals surface area contributed by atoms with Gasteiger partial charge in [0.05, 0.1) is 11.1 Å². The Morgan fingerprint density at radius 1 is 1.38 bits per heavy atom. The number of hydrogen-bond acceptors (Lipinski definition) is 2. The third-order valence-electron chi connectivity index (χ3n) is 4.58. The normalized spacial score (nSPS) is 21.3. The third kappa shape index (κ3) is 2.31. The number of rotatable bonds is 2. The smallest absolute Gasteiger partial charge is 0.336 e. The van der Waals surface area contributed by atoms with E-state index in [1.165, 1.54) is 0 Å². The van der Waals surface area contributed by atoms with Crippen LogP contribution in [0.4, 0.5) is 0 Å². The molecule has 3 heteroatoms. The van der Waals surface area contributed by atoms with E-state index in [1.54, 1.807) is 0 Å². The highest BCUT2D eigenvalue weighted by molar-refractivity contribution is 6.04. The molecule has 0 radical (unpaired) electrons. The van der Waals surface area contributed by atoms with Crippen molar-refractivity contribution < 1.29 is 9.90 Å². The van der Waals surface area contributed by atoms with Crippen molar-refractivity contribution in [3.05, 3.63) is 40.6 Å². The van der Waals surface area contributed by atoms with E-state index in [0.717, 1.165) is 47.0 Å². The van der Waals surface area contributed by atoms with Gasteiger partial charge in [0, 0.05) is 11.1 Å². The zero-order valence-corrected chi connectivity index (χ0v) is 12.8. The summed E-state index contributed by atoms with van der Waals surface area (Å²) in [4.78, 5) is 16.7. The number of hydrogen-bond donors (Lipinski definition) is 1. The van der Waals surface area contributed by atoms with Crippen LogP contribution in [0.5, 0.6) is 0 Å². The van der Waals surface area contributed by atoms with Crippen LogP contribution in [0.25, 0.3) is 10.9 Å². The predicted octanol–water partition coefficient (Wildman–Crippen LogP) is 4.18. The molecule has 0 saturated carbocycles. The van der Waals surface area contributed by atoms with Crippen molar-refractivity contribution in [3.8, 4) is 0 Å². The molecule has 2 atom stereocenters. The van der Waals surface area contributed by atoms with Gasteiger partial charge in [-0.3, -0.25) is 4.98 Å². The molecule has 110 valence electrons. The monoisotopic (exact) mass is 283 g/mol. The highest BCUT2D eigenvalue weighted by Gasteiger charge is 2.29. The topological polar surface area (TPSA) is 50.2 Å². The second-order valence-corrected chi connectivity index (χ2v) is 6.30. The SMILES string of the molecule is CCc1ccc2nc3c(c(C(=O)O)c2c1)C(C)CC(C)C3. The summed E-state index contributed by atoms with van der Waals surface area (Å²) in [7, 11) is 0. The third-order valence-corrected chi connectivity index (χ3v) is 4.58. The molecule has 0 spiro atoms. The largest absolute Gasteiger partial charge is 0.478 e. The van der Waals surface area contributed by atoms with Crippen LogP contribution in [-0.4, -0.2) is 16.1 Å². The molecule has 0 amide bonds. The standard InChI is InChI=1S/C18H21NO2/c1-4-12-5-6-14-13(9-12)17(18(20)21)16-11(3)7-10(2)8-15(16)19-14/h5-6,9-11H,4,7-8H2,1-3H3,(H,20,21). The number of carboxylic acid groups (broad SMARTS) is 1. The molecule has 3 nitrogen and oxygen atoms in total. The molecule has 2 aromatic rings. The van der Waals surface area contributed by atoms with E-state index >= 15 is 0 Å². The van der Waals surface area contributed by atoms with Crippen LogP contribution >= 0.6 is 0 Å². The van der Waals surface area contributed by atoms with Crippen molar-refractivity contribution in [1.29, 1.82) is 0 Å². The van der Waals surface area contributed by atoms with Crippen LogP contribution in [0.15, 0.2) is 18.2 Å². The Kier molecular flexibility index (Phi) is 3.44. The number of nitrogens with zero attached hydrogens (tertiary/aromatic N) is 1. The second kappa shape index (κ2) is 5.14. The Morgan fingerprint density at radius 2 is 2.14 bits per heavy atom. The van der Waals surface area contributed by atoms with Crippen LogP contribution in [0.1, 0.15) is 60.3 Å². The molecule has 0 saturated heterocycles. The van der Waals surface area contributed by atoms with Crippen molar-refractivity contribution in [2.75, 3.05) is 0 Å². The van der Waals surface area contributed by atoms with Crippen LogP contribution in [0.2, 0.25) is 0 Å². The van der Waals surface area contributed by atoms with E-state index in [9.17, 15) is 9.90 Å². The highest BCUT2D eigenvalue weighted by Crippen LogP contribution is 2.38. The molecule has 1 heterocycles. The lowest BCUT2D eigenvalue weighted by molar-refractivity contribution is 0.0696. The van der Waals surface area contributed by atoms with Gasteiger partial charge in [0.1, 0.15) is 0 Å². The summed E-state index contributed by atoms with van der Waals surface area (Å²) in [6.45, 7) is 6.42. The molecule has 2 unspecified atom stereocenters. The summed E-state index contributed by atoms with van der Waals surface area (Å²) in [5, 5.41) is 10.6. The number of carboxylic acids is 1. The van der Waals surface area contributed by atoms with Crippen molar-refractivity contribution in [2.45, 2.75) is 46.0 Å². The van der Waals surface area contributed by atoms with Gasteiger partial charge in [-0.15, -0.1) is 0 Å². The number of pyridine rings is 1. The van der Waals surface area contributed by atoms with Gasteiger partial charge in [0.25, 0.3) is 0 Å². The van der Waals surface area contributed by atoms with Gasteiger partial charge >= 0.3 is 5.97 Å². The van der Waals surface area contributed by atoms with Crippen LogP contribution < -0.4 is 0 Å². The lowest BCUT2D eigenvalue weighted by Gasteiger charge is -2.28. The molecule has 1 aliphatic carbocycles. The molecule has 1 aromatic heterocycles. The van der Waals surface area contributed by atoms with Gasteiger partial charge < -0.3 is 5.11 Å². The summed E-state index contributed by atoms with van der Waals surface area (Å²) in [6.07, 6.45) is 2.82. The lowest BCUT2D eigenvalue weighted by atomic mass is 9.78. The second-order valence-electron chi connectivity index (χ2n) is 6.30.